The molecule has 0 radical (unpaired) electrons. The van der Waals surface area contributed by atoms with Gasteiger partial charge in [-0.3, -0.25) is 0 Å². The largest absolute Gasteiger partial charge is 0.0805 e. The minimum atomic E-state index is 0.810. The van der Waals surface area contributed by atoms with E-state index in [2.05, 4.69) is 32.1 Å². The van der Waals surface area contributed by atoms with Crippen LogP contribution in [0.25, 0.3) is 0 Å². The summed E-state index contributed by atoms with van der Waals surface area (Å²) < 4.78 is 0. The monoisotopic (exact) mass is 150 g/mol. The average molecular weight is 150 g/mol. The molecule has 11 heavy (non-hydrogen) atoms. The van der Waals surface area contributed by atoms with Crippen molar-refractivity contribution in [3.8, 4) is 0 Å². The second-order valence-corrected chi connectivity index (χ2v) is 3.42. The number of allylic oxidation sites excluding steroid dienone is 4. The Morgan fingerprint density at radius 3 is 2.91 bits per heavy atom. The molecule has 0 heteroatoms. The Bertz CT molecular complexity index is 163. The van der Waals surface area contributed by atoms with Crippen molar-refractivity contribution in [3.63, 3.8) is 0 Å². The van der Waals surface area contributed by atoms with Gasteiger partial charge in [-0.1, -0.05) is 50.5 Å². The van der Waals surface area contributed by atoms with E-state index in [1.54, 1.807) is 5.57 Å². The third kappa shape index (κ3) is 2.53. The molecule has 0 aromatic heterocycles. The summed E-state index contributed by atoms with van der Waals surface area (Å²) in [5.41, 5.74) is 1.62. The SMILES string of the molecule is CCCCC(C)C1=CC=CC1. The zero-order chi connectivity index (χ0) is 8.10. The lowest BCUT2D eigenvalue weighted by Crippen LogP contribution is -1.96. The Kier molecular flexibility index (Phi) is 3.41. The Labute approximate surface area is 70.0 Å². The van der Waals surface area contributed by atoms with Crippen LogP contribution in [0.15, 0.2) is 23.8 Å². The van der Waals surface area contributed by atoms with E-state index < -0.39 is 0 Å². The lowest BCUT2D eigenvalue weighted by Gasteiger charge is -2.11. The van der Waals surface area contributed by atoms with Crippen molar-refractivity contribution in [2.75, 3.05) is 0 Å². The van der Waals surface area contributed by atoms with Gasteiger partial charge in [0.2, 0.25) is 0 Å². The van der Waals surface area contributed by atoms with E-state index >= 15 is 0 Å². The van der Waals surface area contributed by atoms with E-state index in [0.29, 0.717) is 0 Å². The van der Waals surface area contributed by atoms with Gasteiger partial charge in [0, 0.05) is 0 Å². The van der Waals surface area contributed by atoms with E-state index in [9.17, 15) is 0 Å². The van der Waals surface area contributed by atoms with Crippen molar-refractivity contribution in [1.29, 1.82) is 0 Å². The minimum Gasteiger partial charge on any atom is -0.0805 e. The van der Waals surface area contributed by atoms with E-state index in [-0.39, 0.29) is 0 Å². The summed E-state index contributed by atoms with van der Waals surface area (Å²) in [4.78, 5) is 0. The topological polar surface area (TPSA) is 0 Å². The maximum absolute atomic E-state index is 2.34. The molecule has 0 aromatic carbocycles. The Balaban J connectivity index is 2.24. The first-order chi connectivity index (χ1) is 5.34. The first kappa shape index (κ1) is 8.58. The molecule has 0 aromatic rings. The molecule has 0 nitrogen and oxygen atoms in total. The highest BCUT2D eigenvalue weighted by Crippen LogP contribution is 2.23. The van der Waals surface area contributed by atoms with Crippen molar-refractivity contribution in [3.05, 3.63) is 23.8 Å². The van der Waals surface area contributed by atoms with Crippen LogP contribution in [0.2, 0.25) is 0 Å². The van der Waals surface area contributed by atoms with Crippen LogP contribution in [0.5, 0.6) is 0 Å². The third-order valence-corrected chi connectivity index (χ3v) is 2.42. The van der Waals surface area contributed by atoms with Crippen LogP contribution in [0.1, 0.15) is 39.5 Å². The fourth-order valence-corrected chi connectivity index (χ4v) is 1.52. The first-order valence-electron chi connectivity index (χ1n) is 4.70. The molecule has 62 valence electrons. The van der Waals surface area contributed by atoms with Crippen LogP contribution < -0.4 is 0 Å². The number of hydrogen-bond acceptors (Lipinski definition) is 0. The van der Waals surface area contributed by atoms with E-state index in [4.69, 9.17) is 0 Å². The van der Waals surface area contributed by atoms with Gasteiger partial charge >= 0.3 is 0 Å². The molecule has 1 unspecified atom stereocenters. The molecule has 1 aliphatic carbocycles. The molecular formula is C11H18. The van der Waals surface area contributed by atoms with Crippen molar-refractivity contribution >= 4 is 0 Å². The summed E-state index contributed by atoms with van der Waals surface area (Å²) in [5.74, 6) is 0.810. The molecule has 0 saturated heterocycles. The summed E-state index contributed by atoms with van der Waals surface area (Å²) in [7, 11) is 0. The second-order valence-electron chi connectivity index (χ2n) is 3.42. The zero-order valence-electron chi connectivity index (χ0n) is 7.64. The lowest BCUT2D eigenvalue weighted by atomic mass is 9.95. The molecule has 0 amide bonds. The van der Waals surface area contributed by atoms with Gasteiger partial charge in [-0.15, -0.1) is 0 Å². The van der Waals surface area contributed by atoms with Gasteiger partial charge in [-0.25, -0.2) is 0 Å². The number of hydrogen-bond donors (Lipinski definition) is 0. The van der Waals surface area contributed by atoms with E-state index in [1.807, 2.05) is 0 Å². The van der Waals surface area contributed by atoms with Crippen LogP contribution in [0, 0.1) is 5.92 Å². The van der Waals surface area contributed by atoms with Gasteiger partial charge in [0.25, 0.3) is 0 Å². The number of unbranched alkanes of at least 4 members (excludes halogenated alkanes) is 1. The van der Waals surface area contributed by atoms with Gasteiger partial charge < -0.3 is 0 Å². The third-order valence-electron chi connectivity index (χ3n) is 2.42. The van der Waals surface area contributed by atoms with Crippen LogP contribution >= 0.6 is 0 Å². The standard InChI is InChI=1S/C11H18/c1-3-4-7-10(2)11-8-5-6-9-11/h5-6,8,10H,3-4,7,9H2,1-2H3. The van der Waals surface area contributed by atoms with Crippen molar-refractivity contribution in [2.45, 2.75) is 39.5 Å². The zero-order valence-corrected chi connectivity index (χ0v) is 7.64. The van der Waals surface area contributed by atoms with Gasteiger partial charge in [0.15, 0.2) is 0 Å². The highest BCUT2D eigenvalue weighted by Gasteiger charge is 2.07. The van der Waals surface area contributed by atoms with Crippen molar-refractivity contribution in [2.24, 2.45) is 5.92 Å². The Morgan fingerprint density at radius 2 is 2.36 bits per heavy atom. The summed E-state index contributed by atoms with van der Waals surface area (Å²) >= 11 is 0. The Hall–Kier alpha value is -0.520. The molecule has 0 spiro atoms. The molecule has 0 saturated carbocycles. The molecular weight excluding hydrogens is 132 g/mol. The van der Waals surface area contributed by atoms with Gasteiger partial charge in [-0.2, -0.15) is 0 Å². The normalized spacial score (nSPS) is 18.5. The highest BCUT2D eigenvalue weighted by atomic mass is 14.1. The molecule has 1 atom stereocenters. The summed E-state index contributed by atoms with van der Waals surface area (Å²) in [6.07, 6.45) is 12.0. The fourth-order valence-electron chi connectivity index (χ4n) is 1.52. The van der Waals surface area contributed by atoms with Crippen molar-refractivity contribution in [1.82, 2.24) is 0 Å². The fraction of sp³-hybridized carbons (Fsp3) is 0.636. The molecule has 0 N–H and O–H groups in total. The summed E-state index contributed by atoms with van der Waals surface area (Å²) in [6.45, 7) is 4.60. The molecule has 0 aliphatic heterocycles. The first-order valence-corrected chi connectivity index (χ1v) is 4.70. The average Bonchev–Trinajstić information content (AvgIpc) is 2.52. The molecule has 0 bridgehead atoms. The van der Waals surface area contributed by atoms with Gasteiger partial charge in [-0.05, 0) is 18.8 Å². The van der Waals surface area contributed by atoms with Crippen LogP contribution in [0.3, 0.4) is 0 Å². The van der Waals surface area contributed by atoms with Crippen LogP contribution in [-0.4, -0.2) is 0 Å². The Morgan fingerprint density at radius 1 is 1.55 bits per heavy atom. The smallest absolute Gasteiger partial charge is 0.0130 e. The van der Waals surface area contributed by atoms with Crippen LogP contribution in [-0.2, 0) is 0 Å². The van der Waals surface area contributed by atoms with Crippen molar-refractivity contribution < 1.29 is 0 Å². The minimum absolute atomic E-state index is 0.810. The maximum atomic E-state index is 2.34. The molecule has 1 aliphatic rings. The van der Waals surface area contributed by atoms with Crippen LogP contribution in [0.4, 0.5) is 0 Å². The summed E-state index contributed by atoms with van der Waals surface area (Å²) in [6, 6.07) is 0. The maximum Gasteiger partial charge on any atom is -0.0130 e. The predicted octanol–water partition coefficient (Wildman–Crippen LogP) is 3.70. The number of rotatable bonds is 4. The second kappa shape index (κ2) is 4.38. The van der Waals surface area contributed by atoms with E-state index in [0.717, 1.165) is 5.92 Å². The molecule has 0 fully saturated rings. The lowest BCUT2D eigenvalue weighted by molar-refractivity contribution is 0.566. The quantitative estimate of drug-likeness (QED) is 0.573. The predicted molar refractivity (Wildman–Crippen MR) is 50.5 cm³/mol. The van der Waals surface area contributed by atoms with Gasteiger partial charge in [0.1, 0.15) is 0 Å². The summed E-state index contributed by atoms with van der Waals surface area (Å²) in [5, 5.41) is 0. The van der Waals surface area contributed by atoms with Gasteiger partial charge in [0.05, 0.1) is 0 Å². The molecule has 1 rings (SSSR count). The van der Waals surface area contributed by atoms with E-state index in [1.165, 1.54) is 25.7 Å². The molecule has 0 heterocycles. The highest BCUT2D eigenvalue weighted by molar-refractivity contribution is 5.24.